The van der Waals surface area contributed by atoms with E-state index >= 15 is 0 Å². The van der Waals surface area contributed by atoms with Crippen LogP contribution < -0.4 is 15.4 Å². The molecule has 0 atom stereocenters. The molecule has 216 valence electrons. The number of carbonyl (C=O) groups is 2. The highest BCUT2D eigenvalue weighted by Gasteiger charge is 2.25. The number of amides is 2. The van der Waals surface area contributed by atoms with Gasteiger partial charge in [-0.15, -0.1) is 0 Å². The fourth-order valence-corrected chi connectivity index (χ4v) is 5.61. The second-order valence-corrected chi connectivity index (χ2v) is 10.2. The summed E-state index contributed by atoms with van der Waals surface area (Å²) in [6.45, 7) is 2.07. The minimum absolute atomic E-state index is 0.114. The highest BCUT2D eigenvalue weighted by atomic mass is 32.1. The smallest absolute Gasteiger partial charge is 0.434 e. The second kappa shape index (κ2) is 11.9. The van der Waals surface area contributed by atoms with Crippen molar-refractivity contribution < 1.29 is 24.2 Å². The first-order valence-corrected chi connectivity index (χ1v) is 14.3. The fraction of sp³-hybridized carbons (Fsp3) is 0.125. The number of anilines is 2. The molecular weight excluding hydrogens is 566 g/mol. The van der Waals surface area contributed by atoms with Crippen molar-refractivity contribution >= 4 is 57.2 Å². The van der Waals surface area contributed by atoms with E-state index < -0.39 is 12.2 Å². The number of aliphatic hydroxyl groups excluding tert-OH is 1. The monoisotopic (exact) mass is 593 g/mol. The quantitative estimate of drug-likeness (QED) is 0.190. The van der Waals surface area contributed by atoms with Gasteiger partial charge in [-0.25, -0.2) is 9.59 Å². The lowest BCUT2D eigenvalue weighted by Crippen LogP contribution is -2.31. The average molecular weight is 594 g/mol. The summed E-state index contributed by atoms with van der Waals surface area (Å²) >= 11 is 1.14. The van der Waals surface area contributed by atoms with Gasteiger partial charge in [-0.3, -0.25) is 4.90 Å². The van der Waals surface area contributed by atoms with Crippen molar-refractivity contribution in [2.24, 2.45) is 5.73 Å². The van der Waals surface area contributed by atoms with Crippen molar-refractivity contribution in [3.63, 3.8) is 0 Å². The Kier molecular flexibility index (Phi) is 7.73. The summed E-state index contributed by atoms with van der Waals surface area (Å²) in [4.78, 5) is 26.9. The minimum Gasteiger partial charge on any atom is -0.434 e. The molecule has 10 nitrogen and oxygen atoms in total. The van der Waals surface area contributed by atoms with Gasteiger partial charge < -0.3 is 24.9 Å². The SMILES string of the molecule is CCOC(=O)Oc1c(-c2ccc(CO)cc2)c2cc(N(C(N)=O)c3ccccc3)ccc2n1Cc1ccc2nsnc2c1. The average Bonchev–Trinajstić information content (AvgIpc) is 3.60. The molecule has 0 spiro atoms. The molecule has 0 fully saturated rings. The van der Waals surface area contributed by atoms with E-state index in [1.807, 2.05) is 65.2 Å². The molecule has 0 radical (unpaired) electrons. The molecule has 0 saturated carbocycles. The van der Waals surface area contributed by atoms with Gasteiger partial charge in [0.25, 0.3) is 0 Å². The lowest BCUT2D eigenvalue weighted by atomic mass is 10.0. The van der Waals surface area contributed by atoms with E-state index in [-0.39, 0.29) is 19.1 Å². The van der Waals surface area contributed by atoms with Crippen molar-refractivity contribution in [2.75, 3.05) is 11.5 Å². The van der Waals surface area contributed by atoms with Gasteiger partial charge in [-0.05, 0) is 66.1 Å². The van der Waals surface area contributed by atoms with Gasteiger partial charge in [0, 0.05) is 5.39 Å². The van der Waals surface area contributed by atoms with Crippen LogP contribution in [-0.4, -0.2) is 37.2 Å². The third-order valence-corrected chi connectivity index (χ3v) is 7.58. The largest absolute Gasteiger partial charge is 0.515 e. The number of urea groups is 1. The Morgan fingerprint density at radius 2 is 1.65 bits per heavy atom. The van der Waals surface area contributed by atoms with Crippen molar-refractivity contribution in [3.05, 3.63) is 102 Å². The Morgan fingerprint density at radius 1 is 0.907 bits per heavy atom. The predicted molar refractivity (Wildman–Crippen MR) is 166 cm³/mol. The number of hydrogen-bond acceptors (Lipinski definition) is 8. The number of fused-ring (bicyclic) bond motifs is 2. The van der Waals surface area contributed by atoms with E-state index in [1.54, 1.807) is 37.3 Å². The Balaban J connectivity index is 1.60. The Hall–Kier alpha value is -5.26. The van der Waals surface area contributed by atoms with Crippen molar-refractivity contribution in [1.82, 2.24) is 13.3 Å². The first-order chi connectivity index (χ1) is 21.0. The molecule has 4 aromatic carbocycles. The van der Waals surface area contributed by atoms with Crippen molar-refractivity contribution in [1.29, 1.82) is 0 Å². The molecule has 11 heteroatoms. The molecule has 0 aliphatic heterocycles. The van der Waals surface area contributed by atoms with Gasteiger partial charge in [0.15, 0.2) is 0 Å². The number of rotatable bonds is 8. The van der Waals surface area contributed by atoms with Gasteiger partial charge in [0.2, 0.25) is 5.88 Å². The number of primary amides is 1. The van der Waals surface area contributed by atoms with E-state index in [1.165, 1.54) is 4.90 Å². The van der Waals surface area contributed by atoms with Crippen LogP contribution in [0.2, 0.25) is 0 Å². The van der Waals surface area contributed by atoms with Crippen LogP contribution >= 0.6 is 11.7 Å². The molecule has 0 aliphatic carbocycles. The Morgan fingerprint density at radius 3 is 2.37 bits per heavy atom. The predicted octanol–water partition coefficient (Wildman–Crippen LogP) is 6.61. The lowest BCUT2D eigenvalue weighted by molar-refractivity contribution is 0.101. The molecule has 6 rings (SSSR count). The summed E-state index contributed by atoms with van der Waals surface area (Å²) in [5.74, 6) is 0.268. The number of aliphatic hydroxyl groups is 1. The topological polar surface area (TPSA) is 133 Å². The van der Waals surface area contributed by atoms with Crippen LogP contribution in [0.25, 0.3) is 33.1 Å². The molecule has 0 aliphatic rings. The molecule has 2 aromatic heterocycles. The van der Waals surface area contributed by atoms with Gasteiger partial charge in [0.1, 0.15) is 11.0 Å². The first kappa shape index (κ1) is 27.9. The van der Waals surface area contributed by atoms with E-state index in [2.05, 4.69) is 8.75 Å². The third-order valence-electron chi connectivity index (χ3n) is 7.02. The summed E-state index contributed by atoms with van der Waals surface area (Å²) in [6, 6.07) is 27.1. The summed E-state index contributed by atoms with van der Waals surface area (Å²) < 4.78 is 21.6. The van der Waals surface area contributed by atoms with E-state index in [0.29, 0.717) is 28.9 Å². The van der Waals surface area contributed by atoms with Crippen molar-refractivity contribution in [3.8, 4) is 17.0 Å². The number of nitrogens with two attached hydrogens (primary N) is 1. The normalized spacial score (nSPS) is 11.1. The van der Waals surface area contributed by atoms with Crippen LogP contribution in [0.3, 0.4) is 0 Å². The standard InChI is InChI=1S/C32H27N5O5S/c1-2-41-32(40)42-30-29(22-11-8-20(19-38)9-12-22)25-17-24(37(31(33)39)23-6-4-3-5-7-23)13-15-28(25)36(30)18-21-10-14-26-27(16-21)35-43-34-26/h3-17,38H,2,18-19H2,1H3,(H2,33,39). The number of hydrogen-bond donors (Lipinski definition) is 2. The van der Waals surface area contributed by atoms with Crippen LogP contribution in [0, 0.1) is 0 Å². The molecular formula is C32H27N5O5S. The molecule has 3 N–H and O–H groups in total. The molecule has 0 unspecified atom stereocenters. The van der Waals surface area contributed by atoms with Gasteiger partial charge >= 0.3 is 12.2 Å². The summed E-state index contributed by atoms with van der Waals surface area (Å²) in [6.07, 6.45) is -0.845. The fourth-order valence-electron chi connectivity index (χ4n) is 5.09. The summed E-state index contributed by atoms with van der Waals surface area (Å²) in [7, 11) is 0. The summed E-state index contributed by atoms with van der Waals surface area (Å²) in [5.41, 5.74) is 12.3. The Bertz CT molecular complexity index is 1940. The molecule has 2 amide bonds. The van der Waals surface area contributed by atoms with Crippen LogP contribution in [0.4, 0.5) is 21.0 Å². The summed E-state index contributed by atoms with van der Waals surface area (Å²) in [5, 5.41) is 10.4. The van der Waals surface area contributed by atoms with Crippen molar-refractivity contribution in [2.45, 2.75) is 20.1 Å². The van der Waals surface area contributed by atoms with Gasteiger partial charge in [0.05, 0.1) is 53.9 Å². The van der Waals surface area contributed by atoms with Crippen LogP contribution in [-0.2, 0) is 17.9 Å². The molecule has 2 heterocycles. The molecule has 0 saturated heterocycles. The lowest BCUT2D eigenvalue weighted by Gasteiger charge is -2.21. The Labute approximate surface area is 250 Å². The number of ether oxygens (including phenoxy) is 2. The third kappa shape index (κ3) is 5.51. The zero-order chi connectivity index (χ0) is 29.9. The second-order valence-electron chi connectivity index (χ2n) is 9.70. The van der Waals surface area contributed by atoms with Crippen LogP contribution in [0.15, 0.2) is 91.0 Å². The molecule has 0 bridgehead atoms. The zero-order valence-electron chi connectivity index (χ0n) is 23.1. The molecule has 43 heavy (non-hydrogen) atoms. The maximum Gasteiger partial charge on any atom is 0.515 e. The van der Waals surface area contributed by atoms with E-state index in [4.69, 9.17) is 15.2 Å². The maximum absolute atomic E-state index is 12.8. The highest BCUT2D eigenvalue weighted by molar-refractivity contribution is 7.00. The minimum atomic E-state index is -0.845. The zero-order valence-corrected chi connectivity index (χ0v) is 24.0. The van der Waals surface area contributed by atoms with Crippen LogP contribution in [0.1, 0.15) is 18.1 Å². The molecule has 6 aromatic rings. The van der Waals surface area contributed by atoms with Crippen LogP contribution in [0.5, 0.6) is 5.88 Å². The number of para-hydroxylation sites is 1. The number of nitrogens with zero attached hydrogens (tertiary/aromatic N) is 4. The first-order valence-electron chi connectivity index (χ1n) is 13.5. The van der Waals surface area contributed by atoms with Gasteiger partial charge in [-0.2, -0.15) is 8.75 Å². The van der Waals surface area contributed by atoms with Gasteiger partial charge in [-0.1, -0.05) is 48.5 Å². The van der Waals surface area contributed by atoms with E-state index in [9.17, 15) is 14.7 Å². The number of carbonyl (C=O) groups excluding carboxylic acids is 2. The maximum atomic E-state index is 12.8. The number of aromatic nitrogens is 3. The van der Waals surface area contributed by atoms with E-state index in [0.717, 1.165) is 45.0 Å². The highest BCUT2D eigenvalue weighted by Crippen LogP contribution is 2.43. The number of benzene rings is 4.